The predicted octanol–water partition coefficient (Wildman–Crippen LogP) is 3.63. The van der Waals surface area contributed by atoms with Gasteiger partial charge in [-0.3, -0.25) is 9.20 Å². The molecule has 0 aliphatic rings. The topological polar surface area (TPSA) is 46.4 Å². The molecular weight excluding hydrogens is 294 g/mol. The van der Waals surface area contributed by atoms with Crippen LogP contribution in [0.2, 0.25) is 0 Å². The zero-order valence-electron chi connectivity index (χ0n) is 10.7. The quantitative estimate of drug-likeness (QED) is 0.751. The summed E-state index contributed by atoms with van der Waals surface area (Å²) in [6, 6.07) is 7.56. The first-order chi connectivity index (χ1) is 9.63. The number of hydrogen-bond donors (Lipinski definition) is 1. The smallest absolute Gasteiger partial charge is 0.242 e. The predicted molar refractivity (Wildman–Crippen MR) is 82.4 cm³/mol. The molecular formula is C14H12ClN3OS. The number of fused-ring (bicyclic) bond motifs is 1. The molecule has 2 heterocycles. The van der Waals surface area contributed by atoms with Gasteiger partial charge in [-0.05, 0) is 19.1 Å². The lowest BCUT2D eigenvalue weighted by molar-refractivity contribution is -0.115. The maximum absolute atomic E-state index is 11.5. The maximum atomic E-state index is 11.5. The van der Waals surface area contributed by atoms with Crippen molar-refractivity contribution in [3.8, 4) is 11.3 Å². The normalized spacial score (nSPS) is 12.5. The summed E-state index contributed by atoms with van der Waals surface area (Å²) in [4.78, 5) is 17.0. The van der Waals surface area contributed by atoms with Crippen LogP contribution in [0.4, 0.5) is 5.69 Å². The van der Waals surface area contributed by atoms with E-state index in [1.165, 1.54) is 0 Å². The first-order valence-electron chi connectivity index (χ1n) is 6.11. The minimum Gasteiger partial charge on any atom is -0.325 e. The molecule has 0 aliphatic heterocycles. The van der Waals surface area contributed by atoms with Gasteiger partial charge in [-0.15, -0.1) is 22.9 Å². The highest BCUT2D eigenvalue weighted by Gasteiger charge is 2.09. The van der Waals surface area contributed by atoms with Gasteiger partial charge in [0.2, 0.25) is 5.91 Å². The first-order valence-corrected chi connectivity index (χ1v) is 7.42. The van der Waals surface area contributed by atoms with Gasteiger partial charge in [0.05, 0.1) is 5.69 Å². The molecule has 1 amide bonds. The second-order valence-electron chi connectivity index (χ2n) is 4.40. The lowest BCUT2D eigenvalue weighted by atomic mass is 10.1. The highest BCUT2D eigenvalue weighted by atomic mass is 35.5. The van der Waals surface area contributed by atoms with Gasteiger partial charge in [-0.2, -0.15) is 0 Å². The number of thiazole rings is 1. The van der Waals surface area contributed by atoms with Crippen LogP contribution in [0.25, 0.3) is 16.2 Å². The van der Waals surface area contributed by atoms with Gasteiger partial charge in [0.15, 0.2) is 4.96 Å². The molecule has 1 unspecified atom stereocenters. The summed E-state index contributed by atoms with van der Waals surface area (Å²) in [5.41, 5.74) is 2.66. The molecule has 102 valence electrons. The van der Waals surface area contributed by atoms with Crippen LogP contribution in [0.15, 0.2) is 42.0 Å². The molecule has 0 saturated carbocycles. The second-order valence-corrected chi connectivity index (χ2v) is 5.93. The van der Waals surface area contributed by atoms with Crippen LogP contribution in [0.5, 0.6) is 0 Å². The van der Waals surface area contributed by atoms with Crippen molar-refractivity contribution in [2.75, 3.05) is 5.32 Å². The number of carbonyl (C=O) groups is 1. The molecule has 0 fully saturated rings. The molecule has 1 aromatic carbocycles. The van der Waals surface area contributed by atoms with E-state index in [9.17, 15) is 4.79 Å². The highest BCUT2D eigenvalue weighted by Crippen LogP contribution is 2.23. The lowest BCUT2D eigenvalue weighted by Crippen LogP contribution is -2.20. The number of amides is 1. The number of halogens is 1. The molecule has 6 heteroatoms. The van der Waals surface area contributed by atoms with Gasteiger partial charge in [0.25, 0.3) is 0 Å². The average molecular weight is 306 g/mol. The van der Waals surface area contributed by atoms with Gasteiger partial charge < -0.3 is 5.32 Å². The largest absolute Gasteiger partial charge is 0.325 e. The van der Waals surface area contributed by atoms with Crippen molar-refractivity contribution in [2.45, 2.75) is 12.3 Å². The third kappa shape index (κ3) is 2.55. The molecule has 0 radical (unpaired) electrons. The summed E-state index contributed by atoms with van der Waals surface area (Å²) >= 11 is 7.31. The Bertz CT molecular complexity index is 717. The fourth-order valence-electron chi connectivity index (χ4n) is 1.83. The fourth-order valence-corrected chi connectivity index (χ4v) is 2.59. The van der Waals surface area contributed by atoms with Crippen LogP contribution in [0, 0.1) is 0 Å². The molecule has 0 saturated heterocycles. The maximum Gasteiger partial charge on any atom is 0.242 e. The Labute approximate surface area is 125 Å². The van der Waals surface area contributed by atoms with E-state index >= 15 is 0 Å². The number of imidazole rings is 1. The number of nitrogens with one attached hydrogen (secondary N) is 1. The molecule has 4 nitrogen and oxygen atoms in total. The Balaban J connectivity index is 1.82. The highest BCUT2D eigenvalue weighted by molar-refractivity contribution is 7.15. The van der Waals surface area contributed by atoms with Gasteiger partial charge in [-0.1, -0.05) is 12.1 Å². The SMILES string of the molecule is CC(Cl)C(=O)Nc1ccc(-c2cn3ccsc3n2)cc1. The second kappa shape index (κ2) is 5.26. The van der Waals surface area contributed by atoms with E-state index in [4.69, 9.17) is 11.6 Å². The molecule has 1 N–H and O–H groups in total. The van der Waals surface area contributed by atoms with Crippen molar-refractivity contribution in [1.29, 1.82) is 0 Å². The number of alkyl halides is 1. The molecule has 1 atom stereocenters. The van der Waals surface area contributed by atoms with Gasteiger partial charge >= 0.3 is 0 Å². The van der Waals surface area contributed by atoms with Gasteiger partial charge in [0, 0.05) is 29.0 Å². The van der Waals surface area contributed by atoms with Crippen molar-refractivity contribution in [3.05, 3.63) is 42.0 Å². The van der Waals surface area contributed by atoms with Crippen molar-refractivity contribution in [1.82, 2.24) is 9.38 Å². The Kier molecular flexibility index (Phi) is 3.46. The fraction of sp³-hybridized carbons (Fsp3) is 0.143. The lowest BCUT2D eigenvalue weighted by Gasteiger charge is -2.06. The van der Waals surface area contributed by atoms with Crippen LogP contribution in [0.1, 0.15) is 6.92 Å². The van der Waals surface area contributed by atoms with Crippen LogP contribution >= 0.6 is 22.9 Å². The number of hydrogen-bond acceptors (Lipinski definition) is 3. The van der Waals surface area contributed by atoms with Crippen LogP contribution in [0.3, 0.4) is 0 Å². The zero-order valence-corrected chi connectivity index (χ0v) is 12.3. The van der Waals surface area contributed by atoms with Gasteiger partial charge in [0.1, 0.15) is 5.38 Å². The third-order valence-electron chi connectivity index (χ3n) is 2.90. The number of carbonyl (C=O) groups excluding carboxylic acids is 1. The summed E-state index contributed by atoms with van der Waals surface area (Å²) in [5.74, 6) is -0.207. The summed E-state index contributed by atoms with van der Waals surface area (Å²) in [5, 5.41) is 4.20. The number of rotatable bonds is 3. The molecule has 0 spiro atoms. The van der Waals surface area contributed by atoms with E-state index in [1.807, 2.05) is 46.4 Å². The van der Waals surface area contributed by atoms with Crippen molar-refractivity contribution in [2.24, 2.45) is 0 Å². The zero-order chi connectivity index (χ0) is 14.1. The van der Waals surface area contributed by atoms with E-state index in [1.54, 1.807) is 18.3 Å². The van der Waals surface area contributed by atoms with E-state index in [0.717, 1.165) is 21.9 Å². The van der Waals surface area contributed by atoms with Crippen molar-refractivity contribution in [3.63, 3.8) is 0 Å². The average Bonchev–Trinajstić information content (AvgIpc) is 3.00. The summed E-state index contributed by atoms with van der Waals surface area (Å²) in [6.45, 7) is 1.64. The van der Waals surface area contributed by atoms with Gasteiger partial charge in [-0.25, -0.2) is 4.98 Å². The number of benzene rings is 1. The van der Waals surface area contributed by atoms with Crippen LogP contribution in [-0.4, -0.2) is 20.7 Å². The summed E-state index contributed by atoms with van der Waals surface area (Å²) in [6.07, 6.45) is 3.97. The van der Waals surface area contributed by atoms with Crippen LogP contribution < -0.4 is 5.32 Å². The first kappa shape index (κ1) is 13.1. The Morgan fingerprint density at radius 2 is 2.15 bits per heavy atom. The Morgan fingerprint density at radius 1 is 1.40 bits per heavy atom. The van der Waals surface area contributed by atoms with E-state index < -0.39 is 5.38 Å². The van der Waals surface area contributed by atoms with Crippen molar-refractivity contribution < 1.29 is 4.79 Å². The summed E-state index contributed by atoms with van der Waals surface area (Å²) in [7, 11) is 0. The molecule has 3 aromatic rings. The number of nitrogens with zero attached hydrogens (tertiary/aromatic N) is 2. The van der Waals surface area contributed by atoms with E-state index in [2.05, 4.69) is 10.3 Å². The molecule has 0 aliphatic carbocycles. The minimum atomic E-state index is -0.547. The molecule has 0 bridgehead atoms. The van der Waals surface area contributed by atoms with Crippen molar-refractivity contribution >= 4 is 39.5 Å². The Morgan fingerprint density at radius 3 is 2.80 bits per heavy atom. The third-order valence-corrected chi connectivity index (χ3v) is 3.87. The molecule has 20 heavy (non-hydrogen) atoms. The standard InChI is InChI=1S/C14H12ClN3OS/c1-9(15)13(19)16-11-4-2-10(3-5-11)12-8-18-6-7-20-14(18)17-12/h2-9H,1H3,(H,16,19). The Hall–Kier alpha value is -1.85. The number of anilines is 1. The summed E-state index contributed by atoms with van der Waals surface area (Å²) < 4.78 is 1.99. The monoisotopic (exact) mass is 305 g/mol. The molecule has 3 rings (SSSR count). The van der Waals surface area contributed by atoms with Crippen LogP contribution in [-0.2, 0) is 4.79 Å². The van der Waals surface area contributed by atoms with E-state index in [-0.39, 0.29) is 5.91 Å². The minimum absolute atomic E-state index is 0.207. The van der Waals surface area contributed by atoms with E-state index in [0.29, 0.717) is 0 Å². The molecule has 2 aromatic heterocycles. The number of aromatic nitrogens is 2.